The summed E-state index contributed by atoms with van der Waals surface area (Å²) < 4.78 is 0.994. The van der Waals surface area contributed by atoms with Crippen LogP contribution in [0.2, 0.25) is 0 Å². The predicted molar refractivity (Wildman–Crippen MR) is 60.0 cm³/mol. The highest BCUT2D eigenvalue weighted by Crippen LogP contribution is 2.18. The van der Waals surface area contributed by atoms with Crippen molar-refractivity contribution in [3.05, 3.63) is 34.3 Å². The van der Waals surface area contributed by atoms with Crippen molar-refractivity contribution in [3.8, 4) is 0 Å². The number of hydrogen-bond acceptors (Lipinski definition) is 2. The Morgan fingerprint density at radius 2 is 2.07 bits per heavy atom. The fourth-order valence-electron chi connectivity index (χ4n) is 1.26. The zero-order valence-electron chi connectivity index (χ0n) is 7.96. The van der Waals surface area contributed by atoms with Crippen LogP contribution in [0, 0.1) is 0 Å². The smallest absolute Gasteiger partial charge is 0.228 e. The van der Waals surface area contributed by atoms with Crippen LogP contribution in [-0.4, -0.2) is 19.5 Å². The molecular weight excluding hydrogens is 244 g/mol. The molecule has 3 N–H and O–H groups in total. The number of amides is 1. The van der Waals surface area contributed by atoms with E-state index in [0.29, 0.717) is 6.54 Å². The van der Waals surface area contributed by atoms with Gasteiger partial charge in [0.15, 0.2) is 0 Å². The minimum absolute atomic E-state index is 0.0465. The molecule has 0 fully saturated rings. The van der Waals surface area contributed by atoms with Crippen molar-refractivity contribution in [3.63, 3.8) is 0 Å². The number of carbonyl (C=O) groups is 1. The van der Waals surface area contributed by atoms with Gasteiger partial charge in [-0.15, -0.1) is 0 Å². The maximum absolute atomic E-state index is 11.4. The summed E-state index contributed by atoms with van der Waals surface area (Å²) in [5.41, 5.74) is 6.49. The van der Waals surface area contributed by atoms with Gasteiger partial charge >= 0.3 is 0 Å². The van der Waals surface area contributed by atoms with E-state index < -0.39 is 0 Å². The molecule has 1 rings (SSSR count). The number of halogens is 1. The number of rotatable bonds is 3. The number of likely N-dealkylation sites (N-methyl/N-ethyl adjacent to an activating group) is 1. The summed E-state index contributed by atoms with van der Waals surface area (Å²) in [5.74, 6) is -0.303. The third-order valence-electron chi connectivity index (χ3n) is 2.07. The number of hydrogen-bond donors (Lipinski definition) is 2. The SMILES string of the molecule is CNC(=O)C(CN)c1ccc(Br)cc1. The first-order chi connectivity index (χ1) is 6.69. The lowest BCUT2D eigenvalue weighted by atomic mass is 9.99. The van der Waals surface area contributed by atoms with Crippen LogP contribution in [0.15, 0.2) is 28.7 Å². The lowest BCUT2D eigenvalue weighted by Crippen LogP contribution is -2.30. The van der Waals surface area contributed by atoms with Crippen LogP contribution >= 0.6 is 15.9 Å². The molecule has 76 valence electrons. The first-order valence-corrected chi connectivity index (χ1v) is 5.15. The monoisotopic (exact) mass is 256 g/mol. The topological polar surface area (TPSA) is 55.1 Å². The van der Waals surface area contributed by atoms with Gasteiger partial charge in [0, 0.05) is 18.1 Å². The Hall–Kier alpha value is -0.870. The van der Waals surface area contributed by atoms with E-state index in [1.54, 1.807) is 7.05 Å². The second-order valence-corrected chi connectivity index (χ2v) is 3.87. The molecule has 0 aliphatic carbocycles. The summed E-state index contributed by atoms with van der Waals surface area (Å²) in [7, 11) is 1.61. The summed E-state index contributed by atoms with van der Waals surface area (Å²) in [5, 5.41) is 2.60. The molecule has 0 aliphatic heterocycles. The normalized spacial score (nSPS) is 12.2. The minimum atomic E-state index is -0.256. The van der Waals surface area contributed by atoms with Gasteiger partial charge < -0.3 is 11.1 Å². The van der Waals surface area contributed by atoms with Crippen molar-refractivity contribution in [2.45, 2.75) is 5.92 Å². The van der Waals surface area contributed by atoms with Gasteiger partial charge in [-0.05, 0) is 17.7 Å². The van der Waals surface area contributed by atoms with E-state index >= 15 is 0 Å². The van der Waals surface area contributed by atoms with Gasteiger partial charge in [-0.25, -0.2) is 0 Å². The van der Waals surface area contributed by atoms with Gasteiger partial charge in [0.1, 0.15) is 0 Å². The van der Waals surface area contributed by atoms with Crippen molar-refractivity contribution in [2.75, 3.05) is 13.6 Å². The van der Waals surface area contributed by atoms with Crippen LogP contribution in [0.1, 0.15) is 11.5 Å². The predicted octanol–water partition coefficient (Wildman–Crippen LogP) is 1.24. The second-order valence-electron chi connectivity index (χ2n) is 2.95. The zero-order valence-corrected chi connectivity index (χ0v) is 9.54. The summed E-state index contributed by atoms with van der Waals surface area (Å²) in [4.78, 5) is 11.4. The molecular formula is C10H13BrN2O. The Kier molecular flexibility index (Phi) is 4.10. The molecule has 0 bridgehead atoms. The average Bonchev–Trinajstić information content (AvgIpc) is 2.21. The van der Waals surface area contributed by atoms with Gasteiger partial charge in [0.2, 0.25) is 5.91 Å². The van der Waals surface area contributed by atoms with E-state index in [0.717, 1.165) is 10.0 Å². The third kappa shape index (κ3) is 2.56. The first kappa shape index (κ1) is 11.2. The molecule has 1 aromatic carbocycles. The fraction of sp³-hybridized carbons (Fsp3) is 0.300. The molecule has 3 nitrogen and oxygen atoms in total. The number of nitrogens with one attached hydrogen (secondary N) is 1. The molecule has 1 aromatic rings. The van der Waals surface area contributed by atoms with Crippen molar-refractivity contribution in [2.24, 2.45) is 5.73 Å². The van der Waals surface area contributed by atoms with Gasteiger partial charge in [-0.2, -0.15) is 0 Å². The van der Waals surface area contributed by atoms with E-state index in [9.17, 15) is 4.79 Å². The van der Waals surface area contributed by atoms with Gasteiger partial charge in [0.05, 0.1) is 5.92 Å². The first-order valence-electron chi connectivity index (χ1n) is 4.36. The largest absolute Gasteiger partial charge is 0.359 e. The van der Waals surface area contributed by atoms with Crippen molar-refractivity contribution < 1.29 is 4.79 Å². The van der Waals surface area contributed by atoms with E-state index in [-0.39, 0.29) is 11.8 Å². The molecule has 0 saturated heterocycles. The van der Waals surface area contributed by atoms with Crippen molar-refractivity contribution in [1.82, 2.24) is 5.32 Å². The van der Waals surface area contributed by atoms with Gasteiger partial charge in [-0.1, -0.05) is 28.1 Å². The summed E-state index contributed by atoms with van der Waals surface area (Å²) in [6.07, 6.45) is 0. The van der Waals surface area contributed by atoms with E-state index in [2.05, 4.69) is 21.2 Å². The molecule has 1 atom stereocenters. The molecule has 1 amide bonds. The van der Waals surface area contributed by atoms with Crippen LogP contribution in [0.3, 0.4) is 0 Å². The average molecular weight is 257 g/mol. The molecule has 4 heteroatoms. The molecule has 0 aromatic heterocycles. The van der Waals surface area contributed by atoms with Gasteiger partial charge in [-0.3, -0.25) is 4.79 Å². The van der Waals surface area contributed by atoms with E-state index in [4.69, 9.17) is 5.73 Å². The third-order valence-corrected chi connectivity index (χ3v) is 2.60. The molecule has 1 unspecified atom stereocenters. The standard InChI is InChI=1S/C10H13BrN2O/c1-13-10(14)9(6-12)7-2-4-8(11)5-3-7/h2-5,9H,6,12H2,1H3,(H,13,14). The number of carbonyl (C=O) groups excluding carboxylic acids is 1. The molecule has 0 spiro atoms. The van der Waals surface area contributed by atoms with Gasteiger partial charge in [0.25, 0.3) is 0 Å². The van der Waals surface area contributed by atoms with Crippen LogP contribution in [0.25, 0.3) is 0 Å². The maximum Gasteiger partial charge on any atom is 0.228 e. The highest BCUT2D eigenvalue weighted by molar-refractivity contribution is 9.10. The second kappa shape index (κ2) is 5.12. The summed E-state index contributed by atoms with van der Waals surface area (Å²) in [6.45, 7) is 0.321. The quantitative estimate of drug-likeness (QED) is 0.855. The molecule has 0 radical (unpaired) electrons. The van der Waals surface area contributed by atoms with E-state index in [1.165, 1.54) is 0 Å². The van der Waals surface area contributed by atoms with Crippen molar-refractivity contribution in [1.29, 1.82) is 0 Å². The summed E-state index contributed by atoms with van der Waals surface area (Å²) in [6, 6.07) is 7.61. The van der Waals surface area contributed by atoms with Crippen LogP contribution in [-0.2, 0) is 4.79 Å². The maximum atomic E-state index is 11.4. The highest BCUT2D eigenvalue weighted by Gasteiger charge is 2.16. The zero-order chi connectivity index (χ0) is 10.6. The Labute approximate surface area is 91.8 Å². The number of benzene rings is 1. The Morgan fingerprint density at radius 1 is 1.50 bits per heavy atom. The molecule has 14 heavy (non-hydrogen) atoms. The fourth-order valence-corrected chi connectivity index (χ4v) is 1.53. The lowest BCUT2D eigenvalue weighted by Gasteiger charge is -2.13. The number of nitrogens with two attached hydrogens (primary N) is 1. The molecule has 0 aliphatic rings. The lowest BCUT2D eigenvalue weighted by molar-refractivity contribution is -0.121. The van der Waals surface area contributed by atoms with Crippen LogP contribution in [0.5, 0.6) is 0 Å². The molecule has 0 saturated carbocycles. The highest BCUT2D eigenvalue weighted by atomic mass is 79.9. The Balaban J connectivity index is 2.89. The van der Waals surface area contributed by atoms with Crippen LogP contribution in [0.4, 0.5) is 0 Å². The Bertz CT molecular complexity index is 310. The van der Waals surface area contributed by atoms with Crippen molar-refractivity contribution >= 4 is 21.8 Å². The minimum Gasteiger partial charge on any atom is -0.359 e. The van der Waals surface area contributed by atoms with E-state index in [1.807, 2.05) is 24.3 Å². The Morgan fingerprint density at radius 3 is 2.50 bits per heavy atom. The van der Waals surface area contributed by atoms with Crippen LogP contribution < -0.4 is 11.1 Å². The molecule has 0 heterocycles. The summed E-state index contributed by atoms with van der Waals surface area (Å²) >= 11 is 3.34.